The van der Waals surface area contributed by atoms with Crippen molar-refractivity contribution in [2.45, 2.75) is 39.5 Å². The lowest BCUT2D eigenvalue weighted by Gasteiger charge is -2.21. The van der Waals surface area contributed by atoms with Crippen molar-refractivity contribution in [2.24, 2.45) is 18.9 Å². The van der Waals surface area contributed by atoms with Crippen LogP contribution in [0.1, 0.15) is 42.8 Å². The summed E-state index contributed by atoms with van der Waals surface area (Å²) in [4.78, 5) is 0. The van der Waals surface area contributed by atoms with Crippen LogP contribution in [0.25, 0.3) is 6.08 Å². The molecule has 0 N–H and O–H groups in total. The molecule has 16 heavy (non-hydrogen) atoms. The van der Waals surface area contributed by atoms with Gasteiger partial charge < -0.3 is 4.57 Å². The fourth-order valence-corrected chi connectivity index (χ4v) is 3.36. The molecule has 1 heterocycles. The smallest absolute Gasteiger partial charge is 0.0438 e. The van der Waals surface area contributed by atoms with E-state index in [0.29, 0.717) is 0 Å². The van der Waals surface area contributed by atoms with E-state index in [1.54, 1.807) is 16.8 Å². The Morgan fingerprint density at radius 3 is 2.81 bits per heavy atom. The van der Waals surface area contributed by atoms with E-state index < -0.39 is 0 Å². The number of fused-ring (bicyclic) bond motifs is 3. The van der Waals surface area contributed by atoms with Gasteiger partial charge >= 0.3 is 0 Å². The standard InChI is InChI=1S/C15H21N/c1-10-4-6-14-12(8-10)13-9-11(2)5-7-15(13)16(14)3/h4,6,10-11H,5,7-9H2,1-3H3/t10-,11?/m0/s1. The van der Waals surface area contributed by atoms with Crippen LogP contribution in [-0.2, 0) is 26.3 Å². The lowest BCUT2D eigenvalue weighted by Crippen LogP contribution is -2.13. The number of nitrogens with zero attached hydrogens (tertiary/aromatic N) is 1. The van der Waals surface area contributed by atoms with Crippen molar-refractivity contribution in [1.29, 1.82) is 0 Å². The summed E-state index contributed by atoms with van der Waals surface area (Å²) < 4.78 is 2.44. The van der Waals surface area contributed by atoms with Crippen molar-refractivity contribution in [3.8, 4) is 0 Å². The van der Waals surface area contributed by atoms with Gasteiger partial charge in [-0.1, -0.05) is 19.9 Å². The predicted molar refractivity (Wildman–Crippen MR) is 68.5 cm³/mol. The van der Waals surface area contributed by atoms with Gasteiger partial charge in [0.25, 0.3) is 0 Å². The molecule has 3 rings (SSSR count). The van der Waals surface area contributed by atoms with E-state index in [2.05, 4.69) is 37.6 Å². The highest BCUT2D eigenvalue weighted by Crippen LogP contribution is 2.36. The van der Waals surface area contributed by atoms with Crippen LogP contribution >= 0.6 is 0 Å². The first-order valence-corrected chi connectivity index (χ1v) is 6.54. The molecule has 2 aliphatic rings. The van der Waals surface area contributed by atoms with Gasteiger partial charge in [0.1, 0.15) is 0 Å². The molecule has 0 amide bonds. The van der Waals surface area contributed by atoms with E-state index in [-0.39, 0.29) is 0 Å². The Morgan fingerprint density at radius 2 is 2.00 bits per heavy atom. The SMILES string of the molecule is CC1CCc2c(c3c(n2C)C=C[C@H](C)C3)C1. The highest BCUT2D eigenvalue weighted by Gasteiger charge is 2.26. The molecular formula is C15H21N. The number of allylic oxidation sites excluding steroid dienone is 1. The fraction of sp³-hybridized carbons (Fsp3) is 0.600. The van der Waals surface area contributed by atoms with Crippen LogP contribution < -0.4 is 0 Å². The van der Waals surface area contributed by atoms with Gasteiger partial charge in [0.2, 0.25) is 0 Å². The monoisotopic (exact) mass is 215 g/mol. The Balaban J connectivity index is 2.15. The predicted octanol–water partition coefficient (Wildman–Crippen LogP) is 3.36. The first-order valence-electron chi connectivity index (χ1n) is 6.54. The Hall–Kier alpha value is -0.980. The maximum Gasteiger partial charge on any atom is 0.0438 e. The third-order valence-corrected chi connectivity index (χ3v) is 4.32. The zero-order chi connectivity index (χ0) is 11.3. The second-order valence-corrected chi connectivity index (χ2v) is 5.74. The average molecular weight is 215 g/mol. The van der Waals surface area contributed by atoms with Crippen LogP contribution in [0.4, 0.5) is 0 Å². The van der Waals surface area contributed by atoms with Gasteiger partial charge in [-0.2, -0.15) is 0 Å². The molecule has 0 fully saturated rings. The lowest BCUT2D eigenvalue weighted by atomic mass is 9.84. The highest BCUT2D eigenvalue weighted by atomic mass is 15.0. The van der Waals surface area contributed by atoms with Crippen LogP contribution in [0.15, 0.2) is 6.08 Å². The molecule has 0 aliphatic heterocycles. The van der Waals surface area contributed by atoms with Crippen molar-refractivity contribution in [3.63, 3.8) is 0 Å². The van der Waals surface area contributed by atoms with Gasteiger partial charge in [0, 0.05) is 18.4 Å². The van der Waals surface area contributed by atoms with E-state index in [1.165, 1.54) is 31.4 Å². The van der Waals surface area contributed by atoms with Crippen LogP contribution in [0, 0.1) is 11.8 Å². The molecule has 86 valence electrons. The molecule has 0 spiro atoms. The van der Waals surface area contributed by atoms with Gasteiger partial charge in [-0.3, -0.25) is 0 Å². The largest absolute Gasteiger partial charge is 0.348 e. The van der Waals surface area contributed by atoms with Gasteiger partial charge in [-0.05, 0) is 54.7 Å². The van der Waals surface area contributed by atoms with Crippen LogP contribution in [0.5, 0.6) is 0 Å². The molecule has 1 nitrogen and oxygen atoms in total. The summed E-state index contributed by atoms with van der Waals surface area (Å²) in [6, 6.07) is 0. The molecule has 1 unspecified atom stereocenters. The van der Waals surface area contributed by atoms with Crippen LogP contribution in [-0.4, -0.2) is 4.57 Å². The van der Waals surface area contributed by atoms with E-state index in [1.807, 2.05) is 0 Å². The molecule has 1 aromatic rings. The molecule has 0 aromatic carbocycles. The molecule has 0 radical (unpaired) electrons. The summed E-state index contributed by atoms with van der Waals surface area (Å²) in [5.41, 5.74) is 6.44. The summed E-state index contributed by atoms with van der Waals surface area (Å²) in [7, 11) is 2.24. The van der Waals surface area contributed by atoms with Crippen molar-refractivity contribution < 1.29 is 0 Å². The fourth-order valence-electron chi connectivity index (χ4n) is 3.36. The Morgan fingerprint density at radius 1 is 1.19 bits per heavy atom. The minimum Gasteiger partial charge on any atom is -0.348 e. The second kappa shape index (κ2) is 3.51. The number of hydrogen-bond acceptors (Lipinski definition) is 0. The van der Waals surface area contributed by atoms with Crippen molar-refractivity contribution in [1.82, 2.24) is 4.57 Å². The van der Waals surface area contributed by atoms with Gasteiger partial charge in [-0.15, -0.1) is 0 Å². The minimum absolute atomic E-state index is 0.719. The zero-order valence-corrected chi connectivity index (χ0v) is 10.6. The third-order valence-electron chi connectivity index (χ3n) is 4.32. The topological polar surface area (TPSA) is 4.93 Å². The normalized spacial score (nSPS) is 27.7. The molecule has 0 saturated heterocycles. The van der Waals surface area contributed by atoms with Crippen LogP contribution in [0.3, 0.4) is 0 Å². The Bertz CT molecular complexity index is 450. The first-order chi connectivity index (χ1) is 7.66. The molecule has 0 saturated carbocycles. The van der Waals surface area contributed by atoms with Crippen molar-refractivity contribution in [3.05, 3.63) is 28.6 Å². The summed E-state index contributed by atoms with van der Waals surface area (Å²) in [5, 5.41) is 0. The maximum absolute atomic E-state index is 2.44. The quantitative estimate of drug-likeness (QED) is 0.625. The maximum atomic E-state index is 2.44. The number of rotatable bonds is 0. The average Bonchev–Trinajstić information content (AvgIpc) is 2.52. The van der Waals surface area contributed by atoms with Gasteiger partial charge in [-0.25, -0.2) is 0 Å². The molecule has 2 atom stereocenters. The highest BCUT2D eigenvalue weighted by molar-refractivity contribution is 5.59. The molecule has 1 aromatic heterocycles. The molecule has 1 heteroatoms. The van der Waals surface area contributed by atoms with E-state index >= 15 is 0 Å². The Labute approximate surface area is 98.2 Å². The lowest BCUT2D eigenvalue weighted by molar-refractivity contribution is 0.487. The van der Waals surface area contributed by atoms with E-state index in [4.69, 9.17) is 0 Å². The summed E-state index contributed by atoms with van der Waals surface area (Å²) in [6.45, 7) is 4.72. The number of aromatic nitrogens is 1. The molecule has 0 bridgehead atoms. The van der Waals surface area contributed by atoms with E-state index in [9.17, 15) is 0 Å². The van der Waals surface area contributed by atoms with Gasteiger partial charge in [0.05, 0.1) is 0 Å². The van der Waals surface area contributed by atoms with Gasteiger partial charge in [0.15, 0.2) is 0 Å². The minimum atomic E-state index is 0.719. The second-order valence-electron chi connectivity index (χ2n) is 5.74. The molecular weight excluding hydrogens is 194 g/mol. The third kappa shape index (κ3) is 1.37. The zero-order valence-electron chi connectivity index (χ0n) is 10.6. The first kappa shape index (κ1) is 10.2. The Kier molecular flexibility index (Phi) is 2.24. The number of hydrogen-bond donors (Lipinski definition) is 0. The summed E-state index contributed by atoms with van der Waals surface area (Å²) in [6.07, 6.45) is 9.90. The van der Waals surface area contributed by atoms with Crippen LogP contribution in [0.2, 0.25) is 0 Å². The molecule has 2 aliphatic carbocycles. The van der Waals surface area contributed by atoms with E-state index in [0.717, 1.165) is 11.8 Å². The summed E-state index contributed by atoms with van der Waals surface area (Å²) in [5.74, 6) is 1.59. The van der Waals surface area contributed by atoms with Crippen molar-refractivity contribution in [2.75, 3.05) is 0 Å². The summed E-state index contributed by atoms with van der Waals surface area (Å²) >= 11 is 0. The van der Waals surface area contributed by atoms with Crippen molar-refractivity contribution >= 4 is 6.08 Å².